The molecule has 1 atom stereocenters. The third-order valence-corrected chi connectivity index (χ3v) is 4.06. The lowest BCUT2D eigenvalue weighted by molar-refractivity contribution is -0.138. The molecule has 8 heteroatoms. The van der Waals surface area contributed by atoms with Crippen LogP contribution in [-0.4, -0.2) is 40.2 Å². The highest BCUT2D eigenvalue weighted by Gasteiger charge is 2.23. The summed E-state index contributed by atoms with van der Waals surface area (Å²) in [7, 11) is 1.55. The van der Waals surface area contributed by atoms with Crippen LogP contribution in [0.25, 0.3) is 10.8 Å². The van der Waals surface area contributed by atoms with Crippen LogP contribution in [0.4, 0.5) is 0 Å². The number of amides is 1. The summed E-state index contributed by atoms with van der Waals surface area (Å²) in [6.07, 6.45) is 0. The van der Waals surface area contributed by atoms with E-state index in [9.17, 15) is 14.7 Å². The van der Waals surface area contributed by atoms with Crippen molar-refractivity contribution in [2.24, 2.45) is 0 Å². The van der Waals surface area contributed by atoms with Gasteiger partial charge in [0, 0.05) is 10.8 Å². The predicted molar refractivity (Wildman–Crippen MR) is 101 cm³/mol. The van der Waals surface area contributed by atoms with Crippen molar-refractivity contribution in [3.8, 4) is 23.1 Å². The second-order valence-corrected chi connectivity index (χ2v) is 5.97. The molecule has 0 spiro atoms. The number of methoxy groups -OCH3 is 1. The van der Waals surface area contributed by atoms with E-state index in [0.29, 0.717) is 22.3 Å². The molecule has 2 aromatic carbocycles. The number of nitrogens with zero attached hydrogens (tertiary/aromatic N) is 1. The molecule has 0 aliphatic rings. The summed E-state index contributed by atoms with van der Waals surface area (Å²) >= 11 is 0. The van der Waals surface area contributed by atoms with Gasteiger partial charge in [-0.2, -0.15) is 0 Å². The highest BCUT2D eigenvalue weighted by molar-refractivity contribution is 6.04. The molecule has 144 valence electrons. The average molecular weight is 382 g/mol. The largest absolute Gasteiger partial charge is 0.505 e. The van der Waals surface area contributed by atoms with Crippen LogP contribution in [-0.2, 0) is 4.79 Å². The number of aromatic nitrogens is 1. The third-order valence-electron chi connectivity index (χ3n) is 4.06. The smallest absolute Gasteiger partial charge is 0.325 e. The van der Waals surface area contributed by atoms with E-state index in [4.69, 9.17) is 14.6 Å². The Hall–Kier alpha value is -3.81. The Morgan fingerprint density at radius 3 is 2.25 bits per heavy atom. The number of hydrogen-bond donors (Lipinski definition) is 3. The number of hydrogen-bond acceptors (Lipinski definition) is 6. The maximum absolute atomic E-state index is 12.4. The molecule has 0 saturated heterocycles. The summed E-state index contributed by atoms with van der Waals surface area (Å²) in [6, 6.07) is 12.4. The van der Waals surface area contributed by atoms with Gasteiger partial charge >= 0.3 is 5.97 Å². The van der Waals surface area contributed by atoms with E-state index in [-0.39, 0.29) is 17.3 Å². The first-order chi connectivity index (χ1) is 13.4. The Morgan fingerprint density at radius 2 is 1.64 bits per heavy atom. The van der Waals surface area contributed by atoms with Crippen molar-refractivity contribution in [1.29, 1.82) is 0 Å². The highest BCUT2D eigenvalue weighted by Crippen LogP contribution is 2.35. The van der Waals surface area contributed by atoms with Crippen LogP contribution in [0.3, 0.4) is 0 Å². The molecule has 1 aromatic heterocycles. The normalized spacial score (nSPS) is 11.6. The Bertz CT molecular complexity index is 1030. The summed E-state index contributed by atoms with van der Waals surface area (Å²) in [5.74, 6) is -1.17. The van der Waals surface area contributed by atoms with Gasteiger partial charge in [-0.1, -0.05) is 18.2 Å². The molecule has 0 unspecified atom stereocenters. The second-order valence-electron chi connectivity index (χ2n) is 5.97. The van der Waals surface area contributed by atoms with Gasteiger partial charge in [-0.05, 0) is 37.3 Å². The molecule has 0 aliphatic carbocycles. The van der Waals surface area contributed by atoms with Crippen molar-refractivity contribution < 1.29 is 29.3 Å². The van der Waals surface area contributed by atoms with Gasteiger partial charge in [0.15, 0.2) is 11.4 Å². The maximum Gasteiger partial charge on any atom is 0.325 e. The number of carboxylic acid groups (broad SMARTS) is 1. The SMILES string of the molecule is COc1ccc(Oc2nc(C(=O)N[C@@H](C)C(=O)O)c(O)c3ccccc23)cc1. The number of aromatic hydroxyl groups is 1. The monoisotopic (exact) mass is 382 g/mol. The van der Waals surface area contributed by atoms with Gasteiger partial charge in [0.2, 0.25) is 5.88 Å². The number of benzene rings is 2. The molecular weight excluding hydrogens is 364 g/mol. The molecule has 1 amide bonds. The minimum Gasteiger partial charge on any atom is -0.505 e. The van der Waals surface area contributed by atoms with Crippen molar-refractivity contribution in [3.05, 3.63) is 54.2 Å². The summed E-state index contributed by atoms with van der Waals surface area (Å²) < 4.78 is 10.9. The number of carboxylic acids is 1. The Morgan fingerprint density at radius 1 is 1.04 bits per heavy atom. The quantitative estimate of drug-likeness (QED) is 0.600. The van der Waals surface area contributed by atoms with Gasteiger partial charge in [-0.25, -0.2) is 4.98 Å². The lowest BCUT2D eigenvalue weighted by Gasteiger charge is -2.14. The van der Waals surface area contributed by atoms with Crippen molar-refractivity contribution in [2.75, 3.05) is 7.11 Å². The molecule has 0 aliphatic heterocycles. The van der Waals surface area contributed by atoms with Crippen LogP contribution >= 0.6 is 0 Å². The van der Waals surface area contributed by atoms with Gasteiger partial charge in [0.25, 0.3) is 5.91 Å². The Balaban J connectivity index is 2.04. The Labute approximate surface area is 160 Å². The molecule has 3 rings (SSSR count). The summed E-state index contributed by atoms with van der Waals surface area (Å²) in [6.45, 7) is 1.31. The molecule has 0 fully saturated rings. The van der Waals surface area contributed by atoms with Gasteiger partial charge in [-0.15, -0.1) is 0 Å². The Kier molecular flexibility index (Phi) is 5.30. The molecule has 28 heavy (non-hydrogen) atoms. The zero-order valence-corrected chi connectivity index (χ0v) is 15.2. The first-order valence-electron chi connectivity index (χ1n) is 8.38. The van der Waals surface area contributed by atoms with Crippen LogP contribution in [0.2, 0.25) is 0 Å². The van der Waals surface area contributed by atoms with Crippen molar-refractivity contribution >= 4 is 22.6 Å². The fourth-order valence-corrected chi connectivity index (χ4v) is 2.54. The highest BCUT2D eigenvalue weighted by atomic mass is 16.5. The first-order valence-corrected chi connectivity index (χ1v) is 8.38. The number of rotatable bonds is 6. The van der Waals surface area contributed by atoms with E-state index in [0.717, 1.165) is 0 Å². The van der Waals surface area contributed by atoms with E-state index in [1.54, 1.807) is 55.6 Å². The predicted octanol–water partition coefficient (Wildman–Crippen LogP) is 2.94. The van der Waals surface area contributed by atoms with E-state index in [1.165, 1.54) is 6.92 Å². The number of aliphatic carboxylic acids is 1. The minimum absolute atomic E-state index is 0.103. The molecule has 8 nitrogen and oxygen atoms in total. The van der Waals surface area contributed by atoms with Gasteiger partial charge in [0.05, 0.1) is 7.11 Å². The van der Waals surface area contributed by atoms with Crippen LogP contribution in [0.5, 0.6) is 23.1 Å². The molecule has 1 heterocycles. The lowest BCUT2D eigenvalue weighted by Crippen LogP contribution is -2.38. The summed E-state index contributed by atoms with van der Waals surface area (Å²) in [5, 5.41) is 22.6. The standard InChI is InChI=1S/C20H18N2O6/c1-11(20(25)26)21-18(24)16-17(23)14-5-3-4-6-15(14)19(22-16)28-13-9-7-12(27-2)8-10-13/h3-11,23H,1-2H3,(H,21,24)(H,25,26)/t11-/m0/s1. The van der Waals surface area contributed by atoms with Crippen molar-refractivity contribution in [1.82, 2.24) is 10.3 Å². The van der Waals surface area contributed by atoms with Gasteiger partial charge in [0.1, 0.15) is 17.5 Å². The number of nitrogens with one attached hydrogen (secondary N) is 1. The zero-order valence-electron chi connectivity index (χ0n) is 15.2. The first kappa shape index (κ1) is 19.0. The number of pyridine rings is 1. The maximum atomic E-state index is 12.4. The number of carbonyl (C=O) groups excluding carboxylic acids is 1. The van der Waals surface area contributed by atoms with Crippen molar-refractivity contribution in [2.45, 2.75) is 13.0 Å². The van der Waals surface area contributed by atoms with Crippen LogP contribution < -0.4 is 14.8 Å². The van der Waals surface area contributed by atoms with Gasteiger partial charge < -0.3 is 25.0 Å². The topological polar surface area (TPSA) is 118 Å². The number of fused-ring (bicyclic) bond motifs is 1. The van der Waals surface area contributed by atoms with Crippen LogP contribution in [0, 0.1) is 0 Å². The summed E-state index contributed by atoms with van der Waals surface area (Å²) in [5.41, 5.74) is -0.324. The zero-order chi connectivity index (χ0) is 20.3. The van der Waals surface area contributed by atoms with E-state index in [2.05, 4.69) is 10.3 Å². The molecule has 3 N–H and O–H groups in total. The fraction of sp³-hybridized carbons (Fsp3) is 0.150. The lowest BCUT2D eigenvalue weighted by atomic mass is 10.1. The summed E-state index contributed by atoms with van der Waals surface area (Å²) in [4.78, 5) is 27.6. The number of carbonyl (C=O) groups is 2. The molecule has 0 saturated carbocycles. The molecule has 0 radical (unpaired) electrons. The molecule has 3 aromatic rings. The third kappa shape index (κ3) is 3.80. The fourth-order valence-electron chi connectivity index (χ4n) is 2.54. The van der Waals surface area contributed by atoms with E-state index in [1.807, 2.05) is 0 Å². The van der Waals surface area contributed by atoms with E-state index < -0.39 is 17.9 Å². The van der Waals surface area contributed by atoms with Crippen LogP contribution in [0.1, 0.15) is 17.4 Å². The molecule has 0 bridgehead atoms. The second kappa shape index (κ2) is 7.83. The average Bonchev–Trinajstić information content (AvgIpc) is 2.70. The van der Waals surface area contributed by atoms with E-state index >= 15 is 0 Å². The minimum atomic E-state index is -1.21. The van der Waals surface area contributed by atoms with Crippen molar-refractivity contribution in [3.63, 3.8) is 0 Å². The van der Waals surface area contributed by atoms with Crippen LogP contribution in [0.15, 0.2) is 48.5 Å². The van der Waals surface area contributed by atoms with Gasteiger partial charge in [-0.3, -0.25) is 9.59 Å². The molecular formula is C20H18N2O6. The number of ether oxygens (including phenoxy) is 2.